The molecule has 0 spiro atoms. The fourth-order valence-corrected chi connectivity index (χ4v) is 2.61. The number of hydrogen-bond donors (Lipinski definition) is 0. The van der Waals surface area contributed by atoms with Gasteiger partial charge in [-0.25, -0.2) is 9.97 Å². The Bertz CT molecular complexity index is 421. The van der Waals surface area contributed by atoms with Gasteiger partial charge in [-0.15, -0.1) is 0 Å². The molecule has 1 aliphatic heterocycles. The zero-order valence-corrected chi connectivity index (χ0v) is 11.1. The molecule has 2 atom stereocenters. The van der Waals surface area contributed by atoms with Gasteiger partial charge in [-0.1, -0.05) is 25.4 Å². The van der Waals surface area contributed by atoms with Crippen LogP contribution in [-0.4, -0.2) is 23.1 Å². The minimum absolute atomic E-state index is 0.560. The van der Waals surface area contributed by atoms with Gasteiger partial charge in [0.2, 0.25) is 0 Å². The van der Waals surface area contributed by atoms with E-state index in [0.717, 1.165) is 36.6 Å². The molecule has 0 amide bonds. The van der Waals surface area contributed by atoms with Crippen molar-refractivity contribution < 1.29 is 0 Å². The summed E-state index contributed by atoms with van der Waals surface area (Å²) in [6.07, 6.45) is 2.43. The monoisotopic (exact) mass is 251 g/mol. The van der Waals surface area contributed by atoms with Crippen molar-refractivity contribution in [2.24, 2.45) is 11.8 Å². The average Bonchev–Trinajstić information content (AvgIpc) is 3.06. The van der Waals surface area contributed by atoms with Crippen molar-refractivity contribution in [3.8, 4) is 0 Å². The maximum absolute atomic E-state index is 6.10. The van der Waals surface area contributed by atoms with E-state index in [-0.39, 0.29) is 0 Å². The molecule has 4 heteroatoms. The molecule has 2 fully saturated rings. The summed E-state index contributed by atoms with van der Waals surface area (Å²) in [7, 11) is 0. The van der Waals surface area contributed by atoms with Crippen LogP contribution in [0.15, 0.2) is 6.07 Å². The first kappa shape index (κ1) is 11.3. The van der Waals surface area contributed by atoms with E-state index in [0.29, 0.717) is 11.1 Å². The smallest absolute Gasteiger partial charge is 0.135 e. The summed E-state index contributed by atoms with van der Waals surface area (Å²) in [6, 6.07) is 1.90. The Morgan fingerprint density at radius 2 is 1.82 bits per heavy atom. The topological polar surface area (TPSA) is 29.0 Å². The summed E-state index contributed by atoms with van der Waals surface area (Å²) in [5.41, 5.74) is 0. The maximum Gasteiger partial charge on any atom is 0.135 e. The van der Waals surface area contributed by atoms with Crippen LogP contribution in [0.25, 0.3) is 0 Å². The van der Waals surface area contributed by atoms with Gasteiger partial charge in [-0.2, -0.15) is 0 Å². The lowest BCUT2D eigenvalue weighted by Gasteiger charge is -2.17. The molecule has 1 saturated heterocycles. The third kappa shape index (κ3) is 2.25. The Labute approximate surface area is 107 Å². The molecular weight excluding hydrogens is 234 g/mol. The molecule has 92 valence electrons. The van der Waals surface area contributed by atoms with Crippen molar-refractivity contribution in [3.05, 3.63) is 17.0 Å². The molecular formula is C13H18ClN3. The highest BCUT2D eigenvalue weighted by molar-refractivity contribution is 6.29. The normalized spacial score (nSPS) is 28.8. The van der Waals surface area contributed by atoms with Crippen LogP contribution >= 0.6 is 11.6 Å². The van der Waals surface area contributed by atoms with E-state index in [2.05, 4.69) is 28.7 Å². The van der Waals surface area contributed by atoms with E-state index in [4.69, 9.17) is 11.6 Å². The Morgan fingerprint density at radius 3 is 2.41 bits per heavy atom. The summed E-state index contributed by atoms with van der Waals surface area (Å²) in [4.78, 5) is 11.4. The molecule has 0 radical (unpaired) electrons. The Hall–Kier alpha value is -0.830. The molecule has 3 nitrogen and oxygen atoms in total. The van der Waals surface area contributed by atoms with E-state index in [9.17, 15) is 0 Å². The van der Waals surface area contributed by atoms with Crippen LogP contribution in [0.2, 0.25) is 5.15 Å². The van der Waals surface area contributed by atoms with Crippen LogP contribution < -0.4 is 4.90 Å². The Balaban J connectivity index is 1.87. The number of rotatable bonds is 2. The summed E-state index contributed by atoms with van der Waals surface area (Å²) >= 11 is 6.10. The minimum atomic E-state index is 0.560. The maximum atomic E-state index is 6.10. The van der Waals surface area contributed by atoms with Gasteiger partial charge >= 0.3 is 0 Å². The highest BCUT2D eigenvalue weighted by atomic mass is 35.5. The molecule has 1 aromatic heterocycles. The number of anilines is 1. The second kappa shape index (κ2) is 4.13. The van der Waals surface area contributed by atoms with Gasteiger partial charge in [0.25, 0.3) is 0 Å². The van der Waals surface area contributed by atoms with E-state index in [1.165, 1.54) is 12.8 Å². The van der Waals surface area contributed by atoms with Crippen LogP contribution in [0.4, 0.5) is 5.82 Å². The lowest BCUT2D eigenvalue weighted by Crippen LogP contribution is -2.21. The number of hydrogen-bond acceptors (Lipinski definition) is 3. The SMILES string of the molecule is CC1CN(c2cc(Cl)nc(C3CC3)n2)CC1C. The molecule has 2 heterocycles. The third-order valence-electron chi connectivity index (χ3n) is 3.95. The molecule has 0 bridgehead atoms. The highest BCUT2D eigenvalue weighted by Gasteiger charge is 2.30. The number of aromatic nitrogens is 2. The summed E-state index contributed by atoms with van der Waals surface area (Å²) in [5, 5.41) is 0.587. The van der Waals surface area contributed by atoms with E-state index < -0.39 is 0 Å². The summed E-state index contributed by atoms with van der Waals surface area (Å²) < 4.78 is 0. The van der Waals surface area contributed by atoms with Crippen molar-refractivity contribution in [2.75, 3.05) is 18.0 Å². The fraction of sp³-hybridized carbons (Fsp3) is 0.692. The van der Waals surface area contributed by atoms with Crippen LogP contribution in [0.1, 0.15) is 38.4 Å². The molecule has 1 saturated carbocycles. The van der Waals surface area contributed by atoms with Gasteiger partial charge in [-0.3, -0.25) is 0 Å². The second-order valence-corrected chi connectivity index (χ2v) is 5.93. The quantitative estimate of drug-likeness (QED) is 0.757. The third-order valence-corrected chi connectivity index (χ3v) is 4.15. The predicted octanol–water partition coefficient (Wildman–Crippen LogP) is 3.10. The highest BCUT2D eigenvalue weighted by Crippen LogP contribution is 2.39. The lowest BCUT2D eigenvalue weighted by molar-refractivity contribution is 0.494. The van der Waals surface area contributed by atoms with E-state index >= 15 is 0 Å². The fourth-order valence-electron chi connectivity index (χ4n) is 2.43. The number of nitrogens with zero attached hydrogens (tertiary/aromatic N) is 3. The second-order valence-electron chi connectivity index (χ2n) is 5.54. The van der Waals surface area contributed by atoms with Crippen molar-refractivity contribution >= 4 is 17.4 Å². The zero-order valence-electron chi connectivity index (χ0n) is 10.4. The van der Waals surface area contributed by atoms with E-state index in [1.54, 1.807) is 0 Å². The molecule has 2 aliphatic rings. The van der Waals surface area contributed by atoms with Crippen LogP contribution in [0.3, 0.4) is 0 Å². The number of halogens is 1. The van der Waals surface area contributed by atoms with Crippen molar-refractivity contribution in [3.63, 3.8) is 0 Å². The summed E-state index contributed by atoms with van der Waals surface area (Å²) in [5.74, 6) is 3.98. The Morgan fingerprint density at radius 1 is 1.18 bits per heavy atom. The standard InChI is InChI=1S/C13H18ClN3/c1-8-6-17(7-9(8)2)12-5-11(14)15-13(16-12)10-3-4-10/h5,8-10H,3-4,6-7H2,1-2H3. The molecule has 0 aromatic carbocycles. The van der Waals surface area contributed by atoms with Gasteiger partial charge in [-0.05, 0) is 24.7 Å². The van der Waals surface area contributed by atoms with Gasteiger partial charge in [0.1, 0.15) is 16.8 Å². The van der Waals surface area contributed by atoms with Crippen molar-refractivity contribution in [2.45, 2.75) is 32.6 Å². The van der Waals surface area contributed by atoms with Gasteiger partial charge in [0, 0.05) is 25.1 Å². The molecule has 2 unspecified atom stereocenters. The van der Waals surface area contributed by atoms with Crippen LogP contribution in [-0.2, 0) is 0 Å². The first-order valence-electron chi connectivity index (χ1n) is 6.43. The predicted molar refractivity (Wildman–Crippen MR) is 69.6 cm³/mol. The van der Waals surface area contributed by atoms with Crippen LogP contribution in [0.5, 0.6) is 0 Å². The molecule has 0 N–H and O–H groups in total. The zero-order chi connectivity index (χ0) is 12.0. The van der Waals surface area contributed by atoms with Crippen molar-refractivity contribution in [1.82, 2.24) is 9.97 Å². The lowest BCUT2D eigenvalue weighted by atomic mass is 10.0. The van der Waals surface area contributed by atoms with Gasteiger partial charge < -0.3 is 4.90 Å². The van der Waals surface area contributed by atoms with Gasteiger partial charge in [0.05, 0.1) is 0 Å². The molecule has 1 aromatic rings. The summed E-state index contributed by atoms with van der Waals surface area (Å²) in [6.45, 7) is 6.77. The van der Waals surface area contributed by atoms with Gasteiger partial charge in [0.15, 0.2) is 0 Å². The van der Waals surface area contributed by atoms with Crippen molar-refractivity contribution in [1.29, 1.82) is 0 Å². The van der Waals surface area contributed by atoms with E-state index in [1.807, 2.05) is 6.07 Å². The minimum Gasteiger partial charge on any atom is -0.356 e. The Kier molecular flexibility index (Phi) is 2.74. The average molecular weight is 252 g/mol. The molecule has 17 heavy (non-hydrogen) atoms. The molecule has 1 aliphatic carbocycles. The molecule has 3 rings (SSSR count). The van der Waals surface area contributed by atoms with Crippen LogP contribution in [0, 0.1) is 11.8 Å². The first-order chi connectivity index (χ1) is 8.13. The largest absolute Gasteiger partial charge is 0.356 e. The first-order valence-corrected chi connectivity index (χ1v) is 6.80.